The van der Waals surface area contributed by atoms with Crippen molar-refractivity contribution in [2.75, 3.05) is 20.6 Å². The Bertz CT molecular complexity index is 254. The molecule has 1 aliphatic rings. The number of rotatable bonds is 5. The second-order valence-corrected chi connectivity index (χ2v) is 5.12. The highest BCUT2D eigenvalue weighted by atomic mass is 16.3. The molecule has 92 valence electrons. The van der Waals surface area contributed by atoms with Crippen molar-refractivity contribution >= 4 is 6.08 Å². The predicted molar refractivity (Wildman–Crippen MR) is 62.8 cm³/mol. The number of isocyanates is 1. The summed E-state index contributed by atoms with van der Waals surface area (Å²) in [6, 6.07) is 0. The fourth-order valence-corrected chi connectivity index (χ4v) is 2.50. The molecule has 0 aliphatic heterocycles. The van der Waals surface area contributed by atoms with Gasteiger partial charge in [-0.25, -0.2) is 9.79 Å². The Labute approximate surface area is 97.4 Å². The summed E-state index contributed by atoms with van der Waals surface area (Å²) >= 11 is 0. The van der Waals surface area contributed by atoms with Crippen LogP contribution in [-0.2, 0) is 4.79 Å². The Morgan fingerprint density at radius 3 is 2.50 bits per heavy atom. The first kappa shape index (κ1) is 13.4. The van der Waals surface area contributed by atoms with Crippen LogP contribution in [0, 0.1) is 5.41 Å². The summed E-state index contributed by atoms with van der Waals surface area (Å²) in [7, 11) is 3.73. The highest BCUT2D eigenvalue weighted by Gasteiger charge is 2.34. The molecule has 4 heteroatoms. The Kier molecular flexibility index (Phi) is 5.13. The zero-order valence-corrected chi connectivity index (χ0v) is 10.3. The SMILES string of the molecule is CN(C)C(O)CC1(CN=C=O)CCCCC1. The summed E-state index contributed by atoms with van der Waals surface area (Å²) in [6.07, 6.45) is 7.60. The maximum atomic E-state index is 10.2. The Balaban J connectivity index is 2.65. The van der Waals surface area contributed by atoms with E-state index in [9.17, 15) is 9.90 Å². The van der Waals surface area contributed by atoms with Gasteiger partial charge in [0.1, 0.15) is 6.23 Å². The summed E-state index contributed by atoms with van der Waals surface area (Å²) < 4.78 is 0. The monoisotopic (exact) mass is 226 g/mol. The molecule has 1 rings (SSSR count). The smallest absolute Gasteiger partial charge is 0.234 e. The van der Waals surface area contributed by atoms with E-state index in [0.717, 1.165) is 12.8 Å². The van der Waals surface area contributed by atoms with E-state index in [1.165, 1.54) is 19.3 Å². The van der Waals surface area contributed by atoms with Gasteiger partial charge in [0, 0.05) is 0 Å². The minimum absolute atomic E-state index is 0.0132. The third kappa shape index (κ3) is 3.71. The van der Waals surface area contributed by atoms with Crippen molar-refractivity contribution in [3.63, 3.8) is 0 Å². The molecule has 1 aliphatic carbocycles. The second kappa shape index (κ2) is 6.14. The molecule has 0 heterocycles. The summed E-state index contributed by atoms with van der Waals surface area (Å²) in [5, 5.41) is 9.93. The van der Waals surface area contributed by atoms with Crippen LogP contribution >= 0.6 is 0 Å². The molecule has 4 nitrogen and oxygen atoms in total. The van der Waals surface area contributed by atoms with Gasteiger partial charge in [0.15, 0.2) is 0 Å². The fraction of sp³-hybridized carbons (Fsp3) is 0.917. The summed E-state index contributed by atoms with van der Waals surface area (Å²) in [6.45, 7) is 0.515. The van der Waals surface area contributed by atoms with Crippen molar-refractivity contribution in [2.24, 2.45) is 10.4 Å². The molecular weight excluding hydrogens is 204 g/mol. The van der Waals surface area contributed by atoms with Crippen molar-refractivity contribution < 1.29 is 9.90 Å². The minimum Gasteiger partial charge on any atom is -0.378 e. The molecule has 0 aromatic rings. The number of aliphatic hydroxyl groups excluding tert-OH is 1. The van der Waals surface area contributed by atoms with Crippen molar-refractivity contribution in [1.29, 1.82) is 0 Å². The lowest BCUT2D eigenvalue weighted by Gasteiger charge is -2.38. The standard InChI is InChI=1S/C12H22N2O2/c1-14(2)11(16)8-12(9-13-10-15)6-4-3-5-7-12/h11,16H,3-9H2,1-2H3. The molecule has 1 atom stereocenters. The molecule has 1 N–H and O–H groups in total. The largest absolute Gasteiger partial charge is 0.378 e. The second-order valence-electron chi connectivity index (χ2n) is 5.12. The van der Waals surface area contributed by atoms with E-state index < -0.39 is 6.23 Å². The van der Waals surface area contributed by atoms with E-state index in [4.69, 9.17) is 0 Å². The van der Waals surface area contributed by atoms with Crippen LogP contribution in [0.1, 0.15) is 38.5 Å². The number of aliphatic hydroxyl groups is 1. The van der Waals surface area contributed by atoms with Crippen LogP contribution in [0.15, 0.2) is 4.99 Å². The van der Waals surface area contributed by atoms with Gasteiger partial charge < -0.3 is 5.11 Å². The average Bonchev–Trinajstić information content (AvgIpc) is 2.27. The first-order valence-corrected chi connectivity index (χ1v) is 5.98. The zero-order chi connectivity index (χ0) is 12.0. The molecule has 16 heavy (non-hydrogen) atoms. The van der Waals surface area contributed by atoms with Crippen LogP contribution in [0.2, 0.25) is 0 Å². The molecule has 1 saturated carbocycles. The number of hydrogen-bond donors (Lipinski definition) is 1. The predicted octanol–water partition coefficient (Wildman–Crippen LogP) is 1.54. The first-order chi connectivity index (χ1) is 7.59. The average molecular weight is 226 g/mol. The van der Waals surface area contributed by atoms with Crippen LogP contribution in [0.3, 0.4) is 0 Å². The van der Waals surface area contributed by atoms with Gasteiger partial charge in [0.05, 0.1) is 6.54 Å². The van der Waals surface area contributed by atoms with Crippen LogP contribution < -0.4 is 0 Å². The van der Waals surface area contributed by atoms with Crippen LogP contribution in [0.5, 0.6) is 0 Å². The fourth-order valence-electron chi connectivity index (χ4n) is 2.50. The lowest BCUT2D eigenvalue weighted by atomic mass is 9.71. The van der Waals surface area contributed by atoms with Crippen molar-refractivity contribution in [1.82, 2.24) is 4.90 Å². The van der Waals surface area contributed by atoms with Gasteiger partial charge in [-0.3, -0.25) is 4.90 Å². The Hall–Kier alpha value is -0.700. The number of aliphatic imine (C=N–C) groups is 1. The molecule has 0 saturated heterocycles. The van der Waals surface area contributed by atoms with E-state index in [0.29, 0.717) is 13.0 Å². The number of carbonyl (C=O) groups excluding carboxylic acids is 1. The van der Waals surface area contributed by atoms with Crippen LogP contribution in [0.25, 0.3) is 0 Å². The molecule has 0 aromatic carbocycles. The van der Waals surface area contributed by atoms with Crippen molar-refractivity contribution in [2.45, 2.75) is 44.8 Å². The van der Waals surface area contributed by atoms with E-state index in [2.05, 4.69) is 4.99 Å². The van der Waals surface area contributed by atoms with Gasteiger partial charge in [0.2, 0.25) is 6.08 Å². The highest BCUT2D eigenvalue weighted by molar-refractivity contribution is 5.33. The molecule has 1 unspecified atom stereocenters. The lowest BCUT2D eigenvalue weighted by Crippen LogP contribution is -2.38. The summed E-state index contributed by atoms with van der Waals surface area (Å²) in [4.78, 5) is 15.8. The van der Waals surface area contributed by atoms with Crippen molar-refractivity contribution in [3.05, 3.63) is 0 Å². The van der Waals surface area contributed by atoms with Crippen LogP contribution in [-0.4, -0.2) is 43.0 Å². The van der Waals surface area contributed by atoms with Crippen molar-refractivity contribution in [3.8, 4) is 0 Å². The Morgan fingerprint density at radius 1 is 1.38 bits per heavy atom. The molecular formula is C12H22N2O2. The maximum absolute atomic E-state index is 10.2. The lowest BCUT2D eigenvalue weighted by molar-refractivity contribution is -0.0125. The zero-order valence-electron chi connectivity index (χ0n) is 10.3. The molecule has 0 aromatic heterocycles. The van der Waals surface area contributed by atoms with Crippen LogP contribution in [0.4, 0.5) is 0 Å². The number of hydrogen-bond acceptors (Lipinski definition) is 4. The van der Waals surface area contributed by atoms with E-state index >= 15 is 0 Å². The molecule has 1 fully saturated rings. The quantitative estimate of drug-likeness (QED) is 0.439. The summed E-state index contributed by atoms with van der Waals surface area (Å²) in [5.41, 5.74) is 0.0132. The molecule has 0 amide bonds. The number of nitrogens with zero attached hydrogens (tertiary/aromatic N) is 2. The topological polar surface area (TPSA) is 52.9 Å². The highest BCUT2D eigenvalue weighted by Crippen LogP contribution is 2.40. The Morgan fingerprint density at radius 2 is 2.00 bits per heavy atom. The van der Waals surface area contributed by atoms with Gasteiger partial charge in [0.25, 0.3) is 0 Å². The molecule has 0 spiro atoms. The molecule has 0 radical (unpaired) electrons. The maximum Gasteiger partial charge on any atom is 0.234 e. The minimum atomic E-state index is -0.444. The third-order valence-electron chi connectivity index (χ3n) is 3.60. The normalized spacial score (nSPS) is 21.5. The van der Waals surface area contributed by atoms with Gasteiger partial charge in [-0.05, 0) is 38.8 Å². The van der Waals surface area contributed by atoms with Gasteiger partial charge in [-0.2, -0.15) is 0 Å². The van der Waals surface area contributed by atoms with E-state index in [-0.39, 0.29) is 5.41 Å². The van der Waals surface area contributed by atoms with Gasteiger partial charge in [-0.1, -0.05) is 19.3 Å². The van der Waals surface area contributed by atoms with Gasteiger partial charge >= 0.3 is 0 Å². The first-order valence-electron chi connectivity index (χ1n) is 5.98. The molecule has 0 bridgehead atoms. The van der Waals surface area contributed by atoms with Gasteiger partial charge in [-0.15, -0.1) is 0 Å². The van der Waals surface area contributed by atoms with E-state index in [1.54, 1.807) is 11.0 Å². The summed E-state index contributed by atoms with van der Waals surface area (Å²) in [5.74, 6) is 0. The third-order valence-corrected chi connectivity index (χ3v) is 3.60. The van der Waals surface area contributed by atoms with E-state index in [1.807, 2.05) is 14.1 Å².